The number of allylic oxidation sites excluding steroid dienone is 2. The highest BCUT2D eigenvalue weighted by Gasteiger charge is 2.18. The Morgan fingerprint density at radius 3 is 1.57 bits per heavy atom. The maximum Gasteiger partial charge on any atom is 0.0234 e. The van der Waals surface area contributed by atoms with E-state index in [1.165, 1.54) is 25.9 Å². The van der Waals surface area contributed by atoms with Crippen LogP contribution in [0.2, 0.25) is 0 Å². The molecule has 1 aliphatic carbocycles. The van der Waals surface area contributed by atoms with Crippen LogP contribution < -0.4 is 0 Å². The third kappa shape index (κ3) is 3.67. The maximum absolute atomic E-state index is 2.39. The molecule has 0 aromatic carbocycles. The Balaban J connectivity index is 0.000000379. The van der Waals surface area contributed by atoms with Crippen LogP contribution in [-0.4, -0.2) is 25.0 Å². The lowest BCUT2D eigenvalue weighted by molar-refractivity contribution is 0.437. The fourth-order valence-corrected chi connectivity index (χ4v) is 1.75. The van der Waals surface area contributed by atoms with E-state index in [9.17, 15) is 0 Å². The van der Waals surface area contributed by atoms with Crippen molar-refractivity contribution >= 4 is 0 Å². The van der Waals surface area contributed by atoms with Crippen molar-refractivity contribution in [1.29, 1.82) is 0 Å². The summed E-state index contributed by atoms with van der Waals surface area (Å²) in [6.07, 6.45) is 7.29. The van der Waals surface area contributed by atoms with Gasteiger partial charge in [-0.2, -0.15) is 0 Å². The third-order valence-electron chi connectivity index (χ3n) is 2.24. The number of likely N-dealkylation sites (N-methyl/N-ethyl adjacent to an activating group) is 1. The molecule has 1 saturated heterocycles. The van der Waals surface area contributed by atoms with E-state index in [1.54, 1.807) is 11.1 Å². The minimum absolute atomic E-state index is 1.17. The van der Waals surface area contributed by atoms with E-state index in [2.05, 4.69) is 24.1 Å². The summed E-state index contributed by atoms with van der Waals surface area (Å²) in [6, 6.07) is 0. The second kappa shape index (κ2) is 7.81. The molecule has 1 heterocycles. The first-order valence-electron chi connectivity index (χ1n) is 5.93. The predicted octanol–water partition coefficient (Wildman–Crippen LogP) is 3.63. The van der Waals surface area contributed by atoms with Gasteiger partial charge in [-0.05, 0) is 31.0 Å². The lowest BCUT2D eigenvalue weighted by atomic mass is 10.0. The molecule has 1 heteroatoms. The topological polar surface area (TPSA) is 3.24 Å². The fraction of sp³-hybridized carbons (Fsp3) is 0.692. The molecule has 0 spiro atoms. The van der Waals surface area contributed by atoms with Crippen LogP contribution in [0.1, 0.15) is 40.5 Å². The summed E-state index contributed by atoms with van der Waals surface area (Å²) >= 11 is 0. The monoisotopic (exact) mass is 195 g/mol. The van der Waals surface area contributed by atoms with Crippen LogP contribution in [0.5, 0.6) is 0 Å². The summed E-state index contributed by atoms with van der Waals surface area (Å²) < 4.78 is 0. The van der Waals surface area contributed by atoms with Gasteiger partial charge in [0.25, 0.3) is 0 Å². The van der Waals surface area contributed by atoms with Crippen LogP contribution in [0, 0.1) is 0 Å². The molecule has 0 N–H and O–H groups in total. The SMILES string of the molecule is CC.CC.CN1CC2=CCCC=C2C1. The zero-order valence-corrected chi connectivity index (χ0v) is 10.4. The number of hydrogen-bond acceptors (Lipinski definition) is 1. The van der Waals surface area contributed by atoms with Crippen molar-refractivity contribution in [3.63, 3.8) is 0 Å². The second-order valence-corrected chi connectivity index (χ2v) is 3.21. The van der Waals surface area contributed by atoms with E-state index >= 15 is 0 Å². The molecule has 0 unspecified atom stereocenters. The number of nitrogens with zero attached hydrogens (tertiary/aromatic N) is 1. The molecule has 1 fully saturated rings. The van der Waals surface area contributed by atoms with E-state index in [1.807, 2.05) is 27.7 Å². The van der Waals surface area contributed by atoms with Crippen LogP contribution >= 0.6 is 0 Å². The summed E-state index contributed by atoms with van der Waals surface area (Å²) in [4.78, 5) is 2.36. The molecule has 2 aliphatic rings. The van der Waals surface area contributed by atoms with E-state index in [-0.39, 0.29) is 0 Å². The number of hydrogen-bond donors (Lipinski definition) is 0. The quantitative estimate of drug-likeness (QED) is 0.570. The van der Waals surface area contributed by atoms with Crippen molar-refractivity contribution in [1.82, 2.24) is 4.90 Å². The van der Waals surface area contributed by atoms with Crippen molar-refractivity contribution in [3.8, 4) is 0 Å². The van der Waals surface area contributed by atoms with E-state index in [4.69, 9.17) is 0 Å². The van der Waals surface area contributed by atoms with Gasteiger partial charge in [0.05, 0.1) is 0 Å². The average molecular weight is 195 g/mol. The normalized spacial score (nSPS) is 19.2. The molecule has 0 amide bonds. The molecule has 0 radical (unpaired) electrons. The third-order valence-corrected chi connectivity index (χ3v) is 2.24. The minimum Gasteiger partial charge on any atom is -0.298 e. The fourth-order valence-electron chi connectivity index (χ4n) is 1.75. The molecular formula is C13H25N. The predicted molar refractivity (Wildman–Crippen MR) is 65.6 cm³/mol. The molecule has 1 nitrogen and oxygen atoms in total. The van der Waals surface area contributed by atoms with Crippen LogP contribution in [0.4, 0.5) is 0 Å². The van der Waals surface area contributed by atoms with Gasteiger partial charge in [0, 0.05) is 13.1 Å². The molecule has 1 aliphatic heterocycles. The van der Waals surface area contributed by atoms with Gasteiger partial charge in [0.2, 0.25) is 0 Å². The maximum atomic E-state index is 2.39. The highest BCUT2D eigenvalue weighted by molar-refractivity contribution is 5.39. The summed E-state index contributed by atoms with van der Waals surface area (Å²) in [5.41, 5.74) is 3.16. The van der Waals surface area contributed by atoms with Gasteiger partial charge in [-0.3, -0.25) is 4.90 Å². The lowest BCUT2D eigenvalue weighted by Gasteiger charge is -2.04. The van der Waals surface area contributed by atoms with Gasteiger partial charge in [-0.15, -0.1) is 0 Å². The van der Waals surface area contributed by atoms with Gasteiger partial charge in [0.1, 0.15) is 0 Å². The molecular weight excluding hydrogens is 170 g/mol. The molecule has 82 valence electrons. The van der Waals surface area contributed by atoms with Crippen molar-refractivity contribution in [2.45, 2.75) is 40.5 Å². The minimum atomic E-state index is 1.17. The van der Waals surface area contributed by atoms with Crippen molar-refractivity contribution in [2.24, 2.45) is 0 Å². The van der Waals surface area contributed by atoms with Crippen molar-refractivity contribution in [3.05, 3.63) is 23.3 Å². The van der Waals surface area contributed by atoms with Crippen molar-refractivity contribution < 1.29 is 0 Å². The summed E-state index contributed by atoms with van der Waals surface area (Å²) in [7, 11) is 2.18. The number of likely N-dealkylation sites (tertiary alicyclic amines) is 1. The van der Waals surface area contributed by atoms with E-state index in [0.717, 1.165) is 0 Å². The summed E-state index contributed by atoms with van der Waals surface area (Å²) in [5, 5.41) is 0. The highest BCUT2D eigenvalue weighted by atomic mass is 15.1. The highest BCUT2D eigenvalue weighted by Crippen LogP contribution is 2.25. The number of rotatable bonds is 0. The second-order valence-electron chi connectivity index (χ2n) is 3.21. The van der Waals surface area contributed by atoms with E-state index < -0.39 is 0 Å². The van der Waals surface area contributed by atoms with Gasteiger partial charge in [0.15, 0.2) is 0 Å². The van der Waals surface area contributed by atoms with Gasteiger partial charge in [-0.25, -0.2) is 0 Å². The molecule has 14 heavy (non-hydrogen) atoms. The molecule has 0 saturated carbocycles. The number of fused-ring (bicyclic) bond motifs is 1. The molecule has 0 bridgehead atoms. The van der Waals surface area contributed by atoms with Crippen molar-refractivity contribution in [2.75, 3.05) is 20.1 Å². The Bertz CT molecular complexity index is 179. The smallest absolute Gasteiger partial charge is 0.0234 e. The van der Waals surface area contributed by atoms with Crippen LogP contribution in [0.25, 0.3) is 0 Å². The average Bonchev–Trinajstić information content (AvgIpc) is 2.64. The standard InChI is InChI=1S/C9H13N.2C2H6/c1-10-6-8-4-2-3-5-9(8)7-10;2*1-2/h4-5H,2-3,6-7H2,1H3;2*1-2H3. The van der Waals surface area contributed by atoms with E-state index in [0.29, 0.717) is 0 Å². The first-order valence-corrected chi connectivity index (χ1v) is 5.93. The zero-order chi connectivity index (χ0) is 11.0. The van der Waals surface area contributed by atoms with Gasteiger partial charge < -0.3 is 0 Å². The Morgan fingerprint density at radius 1 is 0.857 bits per heavy atom. The summed E-state index contributed by atoms with van der Waals surface area (Å²) in [6.45, 7) is 10.3. The molecule has 0 aromatic heterocycles. The summed E-state index contributed by atoms with van der Waals surface area (Å²) in [5.74, 6) is 0. The Labute approximate surface area is 89.5 Å². The largest absolute Gasteiger partial charge is 0.298 e. The molecule has 0 atom stereocenters. The van der Waals surface area contributed by atoms with Gasteiger partial charge >= 0.3 is 0 Å². The Kier molecular flexibility index (Phi) is 7.50. The van der Waals surface area contributed by atoms with Crippen LogP contribution in [0.3, 0.4) is 0 Å². The Hall–Kier alpha value is -0.560. The van der Waals surface area contributed by atoms with Crippen LogP contribution in [0.15, 0.2) is 23.3 Å². The first-order chi connectivity index (χ1) is 6.86. The zero-order valence-electron chi connectivity index (χ0n) is 10.4. The molecule has 2 rings (SSSR count). The molecule has 0 aromatic rings. The lowest BCUT2D eigenvalue weighted by Crippen LogP contribution is -2.11. The van der Waals surface area contributed by atoms with Crippen LogP contribution in [-0.2, 0) is 0 Å². The first kappa shape index (κ1) is 13.4. The Morgan fingerprint density at radius 2 is 1.21 bits per heavy atom. The van der Waals surface area contributed by atoms with Gasteiger partial charge in [-0.1, -0.05) is 39.8 Å².